The number of hydrogen-bond acceptors (Lipinski definition) is 1. The van der Waals surface area contributed by atoms with Gasteiger partial charge in [-0.3, -0.25) is 4.79 Å². The van der Waals surface area contributed by atoms with Crippen molar-refractivity contribution in [2.45, 2.75) is 6.42 Å². The molecule has 0 aliphatic rings. The van der Waals surface area contributed by atoms with Gasteiger partial charge in [-0.15, -0.1) is 11.6 Å². The average molecular weight is 357 g/mol. The lowest BCUT2D eigenvalue weighted by atomic mass is 10.1. The SMILES string of the molecule is O=C(Nc1ccc(CCCl)cc1)c1ccc(Br)c(F)c1. The third kappa shape index (κ3) is 3.81. The number of benzene rings is 2. The van der Waals surface area contributed by atoms with Crippen molar-refractivity contribution in [2.75, 3.05) is 11.2 Å². The van der Waals surface area contributed by atoms with Crippen LogP contribution in [0.2, 0.25) is 0 Å². The number of anilines is 1. The molecule has 0 atom stereocenters. The van der Waals surface area contributed by atoms with Gasteiger partial charge in [0.1, 0.15) is 5.82 Å². The van der Waals surface area contributed by atoms with Crippen molar-refractivity contribution in [3.63, 3.8) is 0 Å². The van der Waals surface area contributed by atoms with E-state index >= 15 is 0 Å². The molecule has 0 heterocycles. The lowest BCUT2D eigenvalue weighted by Gasteiger charge is -2.07. The Bertz CT molecular complexity index is 616. The molecule has 0 saturated carbocycles. The Morgan fingerprint density at radius 3 is 2.50 bits per heavy atom. The molecule has 2 aromatic carbocycles. The largest absolute Gasteiger partial charge is 0.322 e. The van der Waals surface area contributed by atoms with E-state index in [1.165, 1.54) is 12.1 Å². The number of carbonyl (C=O) groups is 1. The molecule has 0 unspecified atom stereocenters. The molecule has 0 radical (unpaired) electrons. The van der Waals surface area contributed by atoms with E-state index < -0.39 is 5.82 Å². The van der Waals surface area contributed by atoms with Crippen LogP contribution in [0.1, 0.15) is 15.9 Å². The van der Waals surface area contributed by atoms with E-state index in [4.69, 9.17) is 11.6 Å². The number of alkyl halides is 1. The maximum Gasteiger partial charge on any atom is 0.255 e. The third-order valence-corrected chi connectivity index (χ3v) is 3.61. The Morgan fingerprint density at radius 2 is 1.90 bits per heavy atom. The number of rotatable bonds is 4. The summed E-state index contributed by atoms with van der Waals surface area (Å²) >= 11 is 8.71. The minimum Gasteiger partial charge on any atom is -0.322 e. The van der Waals surface area contributed by atoms with Gasteiger partial charge in [0.25, 0.3) is 5.91 Å². The zero-order chi connectivity index (χ0) is 14.5. The third-order valence-electron chi connectivity index (χ3n) is 2.78. The standard InChI is InChI=1S/C15H12BrClFNO/c16-13-6-3-11(9-14(13)18)15(20)19-12-4-1-10(2-5-12)7-8-17/h1-6,9H,7-8H2,(H,19,20). The normalized spacial score (nSPS) is 10.3. The molecule has 0 aliphatic carbocycles. The summed E-state index contributed by atoms with van der Waals surface area (Å²) in [5.41, 5.74) is 2.04. The molecule has 1 amide bonds. The van der Waals surface area contributed by atoms with Crippen molar-refractivity contribution in [1.82, 2.24) is 0 Å². The molecule has 0 spiro atoms. The molecule has 5 heteroatoms. The van der Waals surface area contributed by atoms with Gasteiger partial charge < -0.3 is 5.32 Å². The fourth-order valence-corrected chi connectivity index (χ4v) is 2.17. The molecule has 104 valence electrons. The summed E-state index contributed by atoms with van der Waals surface area (Å²) in [5, 5.41) is 2.72. The predicted molar refractivity (Wildman–Crippen MR) is 82.9 cm³/mol. The molecular formula is C15H12BrClFNO. The highest BCUT2D eigenvalue weighted by molar-refractivity contribution is 9.10. The highest BCUT2D eigenvalue weighted by atomic mass is 79.9. The van der Waals surface area contributed by atoms with Crippen molar-refractivity contribution in [1.29, 1.82) is 0 Å². The van der Waals surface area contributed by atoms with Crippen LogP contribution in [0.3, 0.4) is 0 Å². The molecule has 2 rings (SSSR count). The lowest BCUT2D eigenvalue weighted by molar-refractivity contribution is 0.102. The number of amides is 1. The Kier molecular flexibility index (Phi) is 5.15. The number of nitrogens with one attached hydrogen (secondary N) is 1. The molecule has 0 aromatic heterocycles. The minimum absolute atomic E-state index is 0.274. The van der Waals surface area contributed by atoms with E-state index in [1.807, 2.05) is 12.1 Å². The van der Waals surface area contributed by atoms with Gasteiger partial charge in [0.05, 0.1) is 4.47 Å². The highest BCUT2D eigenvalue weighted by Gasteiger charge is 2.09. The van der Waals surface area contributed by atoms with Gasteiger partial charge in [0.2, 0.25) is 0 Å². The van der Waals surface area contributed by atoms with E-state index in [9.17, 15) is 9.18 Å². The summed E-state index contributed by atoms with van der Waals surface area (Å²) in [4.78, 5) is 12.0. The maximum atomic E-state index is 13.4. The number of carbonyl (C=O) groups excluding carboxylic acids is 1. The van der Waals surface area contributed by atoms with Crippen LogP contribution in [0.25, 0.3) is 0 Å². The molecule has 0 fully saturated rings. The molecule has 0 aliphatic heterocycles. The van der Waals surface area contributed by atoms with Crippen molar-refractivity contribution in [2.24, 2.45) is 0 Å². The fourth-order valence-electron chi connectivity index (χ4n) is 1.70. The van der Waals surface area contributed by atoms with Crippen LogP contribution < -0.4 is 5.32 Å². The first-order chi connectivity index (χ1) is 9.60. The van der Waals surface area contributed by atoms with Crippen LogP contribution in [-0.2, 0) is 6.42 Å². The summed E-state index contributed by atoms with van der Waals surface area (Å²) in [6, 6.07) is 11.7. The monoisotopic (exact) mass is 355 g/mol. The predicted octanol–water partition coefficient (Wildman–Crippen LogP) is 4.62. The first kappa shape index (κ1) is 15.0. The van der Waals surface area contributed by atoms with Crippen LogP contribution in [0, 0.1) is 5.82 Å². The summed E-state index contributed by atoms with van der Waals surface area (Å²) < 4.78 is 13.7. The lowest BCUT2D eigenvalue weighted by Crippen LogP contribution is -2.12. The van der Waals surface area contributed by atoms with Crippen LogP contribution in [0.4, 0.5) is 10.1 Å². The second-order valence-corrected chi connectivity index (χ2v) is 5.45. The Hall–Kier alpha value is -1.39. The van der Waals surface area contributed by atoms with E-state index in [-0.39, 0.29) is 11.5 Å². The summed E-state index contributed by atoms with van der Waals surface area (Å²) in [7, 11) is 0. The second-order valence-electron chi connectivity index (χ2n) is 4.22. The molecule has 2 aromatic rings. The van der Waals surface area contributed by atoms with E-state index in [1.54, 1.807) is 18.2 Å². The molecule has 0 bridgehead atoms. The second kappa shape index (κ2) is 6.86. The van der Waals surface area contributed by atoms with Gasteiger partial charge in [0.15, 0.2) is 0 Å². The van der Waals surface area contributed by atoms with Gasteiger partial charge in [-0.25, -0.2) is 4.39 Å². The zero-order valence-corrected chi connectivity index (χ0v) is 12.8. The number of halogens is 3. The summed E-state index contributed by atoms with van der Waals surface area (Å²) in [6.45, 7) is 0. The first-order valence-corrected chi connectivity index (χ1v) is 7.34. The van der Waals surface area contributed by atoms with E-state index in [0.717, 1.165) is 12.0 Å². The van der Waals surface area contributed by atoms with Gasteiger partial charge in [-0.05, 0) is 58.2 Å². The number of aryl methyl sites for hydroxylation is 1. The summed E-state index contributed by atoms with van der Waals surface area (Å²) in [6.07, 6.45) is 0.785. The Balaban J connectivity index is 2.08. The van der Waals surface area contributed by atoms with Gasteiger partial charge in [0, 0.05) is 17.1 Å². The maximum absolute atomic E-state index is 13.4. The van der Waals surface area contributed by atoms with Crippen molar-refractivity contribution >= 4 is 39.1 Å². The zero-order valence-electron chi connectivity index (χ0n) is 10.5. The van der Waals surface area contributed by atoms with Crippen molar-refractivity contribution < 1.29 is 9.18 Å². The quantitative estimate of drug-likeness (QED) is 0.796. The van der Waals surface area contributed by atoms with Gasteiger partial charge in [-0.1, -0.05) is 12.1 Å². The molecule has 2 nitrogen and oxygen atoms in total. The Labute approximate surface area is 130 Å². The molecule has 1 N–H and O–H groups in total. The Morgan fingerprint density at radius 1 is 1.20 bits per heavy atom. The number of hydrogen-bond donors (Lipinski definition) is 1. The van der Waals surface area contributed by atoms with E-state index in [0.29, 0.717) is 16.0 Å². The van der Waals surface area contributed by atoms with Crippen molar-refractivity contribution in [3.8, 4) is 0 Å². The van der Waals surface area contributed by atoms with Crippen LogP contribution in [0.15, 0.2) is 46.9 Å². The summed E-state index contributed by atoms with van der Waals surface area (Å²) in [5.74, 6) is -0.249. The highest BCUT2D eigenvalue weighted by Crippen LogP contribution is 2.18. The van der Waals surface area contributed by atoms with Crippen LogP contribution >= 0.6 is 27.5 Å². The average Bonchev–Trinajstić information content (AvgIpc) is 2.44. The van der Waals surface area contributed by atoms with Gasteiger partial charge in [-0.2, -0.15) is 0 Å². The van der Waals surface area contributed by atoms with Crippen molar-refractivity contribution in [3.05, 3.63) is 63.9 Å². The molecule has 0 saturated heterocycles. The molecule has 20 heavy (non-hydrogen) atoms. The topological polar surface area (TPSA) is 29.1 Å². The smallest absolute Gasteiger partial charge is 0.255 e. The fraction of sp³-hybridized carbons (Fsp3) is 0.133. The first-order valence-electron chi connectivity index (χ1n) is 6.01. The van der Waals surface area contributed by atoms with Crippen LogP contribution in [0.5, 0.6) is 0 Å². The molecular weight excluding hydrogens is 345 g/mol. The van der Waals surface area contributed by atoms with Crippen LogP contribution in [-0.4, -0.2) is 11.8 Å². The minimum atomic E-state index is -0.463. The van der Waals surface area contributed by atoms with Gasteiger partial charge >= 0.3 is 0 Å². The van der Waals surface area contributed by atoms with E-state index in [2.05, 4.69) is 21.2 Å².